The van der Waals surface area contributed by atoms with E-state index in [4.69, 9.17) is 0 Å². The molecule has 0 bridgehead atoms. The first-order chi connectivity index (χ1) is 13.5. The number of hydrogen-bond acceptors (Lipinski definition) is 5. The van der Waals surface area contributed by atoms with Gasteiger partial charge in [-0.2, -0.15) is 0 Å². The molecule has 1 atom stereocenters. The molecule has 28 heavy (non-hydrogen) atoms. The van der Waals surface area contributed by atoms with Crippen LogP contribution in [0.1, 0.15) is 18.9 Å². The van der Waals surface area contributed by atoms with Crippen molar-refractivity contribution in [2.45, 2.75) is 18.9 Å². The fraction of sp³-hybridized carbons (Fsp3) is 0.364. The van der Waals surface area contributed by atoms with Crippen molar-refractivity contribution in [3.63, 3.8) is 0 Å². The number of aliphatic hydroxyl groups is 1. The van der Waals surface area contributed by atoms with E-state index in [1.54, 1.807) is 17.0 Å². The van der Waals surface area contributed by atoms with Gasteiger partial charge in [0.25, 0.3) is 5.91 Å². The van der Waals surface area contributed by atoms with Gasteiger partial charge >= 0.3 is 0 Å². The van der Waals surface area contributed by atoms with Crippen molar-refractivity contribution in [3.8, 4) is 0 Å². The molecule has 2 aliphatic rings. The molecular formula is C22H25N3O3. The first-order valence-corrected chi connectivity index (χ1v) is 9.65. The van der Waals surface area contributed by atoms with Crippen LogP contribution in [0.3, 0.4) is 0 Å². The molecule has 2 aromatic rings. The van der Waals surface area contributed by atoms with Crippen molar-refractivity contribution in [1.29, 1.82) is 0 Å². The highest BCUT2D eigenvalue weighted by molar-refractivity contribution is 6.08. The quantitative estimate of drug-likeness (QED) is 0.861. The molecule has 4 rings (SSSR count). The van der Waals surface area contributed by atoms with Crippen LogP contribution in [0.2, 0.25) is 0 Å². The number of benzene rings is 2. The predicted octanol–water partition coefficient (Wildman–Crippen LogP) is 1.98. The molecule has 2 aromatic carbocycles. The highest BCUT2D eigenvalue weighted by atomic mass is 16.3. The van der Waals surface area contributed by atoms with E-state index in [2.05, 4.69) is 21.9 Å². The van der Waals surface area contributed by atoms with E-state index in [-0.39, 0.29) is 12.2 Å². The molecule has 1 amide bonds. The van der Waals surface area contributed by atoms with Crippen molar-refractivity contribution in [1.82, 2.24) is 4.90 Å². The van der Waals surface area contributed by atoms with Gasteiger partial charge in [0.2, 0.25) is 0 Å². The third kappa shape index (κ3) is 3.30. The fourth-order valence-corrected chi connectivity index (χ4v) is 4.16. The van der Waals surface area contributed by atoms with Gasteiger partial charge < -0.3 is 10.0 Å². The largest absolute Gasteiger partial charge is 0.375 e. The lowest BCUT2D eigenvalue weighted by Gasteiger charge is -2.38. The second kappa shape index (κ2) is 7.37. The van der Waals surface area contributed by atoms with Crippen LogP contribution in [0.25, 0.3) is 0 Å². The summed E-state index contributed by atoms with van der Waals surface area (Å²) >= 11 is 0. The van der Waals surface area contributed by atoms with Crippen LogP contribution in [0.4, 0.5) is 11.4 Å². The number of ketones is 1. The Kier molecular flexibility index (Phi) is 4.91. The summed E-state index contributed by atoms with van der Waals surface area (Å²) in [6.07, 6.45) is -0.193. The number of carbonyl (C=O) groups is 2. The Morgan fingerprint density at radius 3 is 2.32 bits per heavy atom. The SMILES string of the molecule is CC(=O)C[C@]1(O)C(=O)N(CN2CCN(c3ccccc3)CC2)c2ccccc21. The van der Waals surface area contributed by atoms with E-state index in [0.29, 0.717) is 17.9 Å². The standard InChI is InChI=1S/C22H25N3O3/c1-17(26)15-22(28)19-9-5-6-10-20(19)25(21(22)27)16-23-11-13-24(14-12-23)18-7-3-2-4-8-18/h2-10,28H,11-16H2,1H3/t22-/m1/s1. The van der Waals surface area contributed by atoms with Crippen molar-refractivity contribution in [2.24, 2.45) is 0 Å². The third-order valence-electron chi connectivity index (χ3n) is 5.58. The fourth-order valence-electron chi connectivity index (χ4n) is 4.16. The number of hydrogen-bond donors (Lipinski definition) is 1. The Morgan fingerprint density at radius 1 is 1.00 bits per heavy atom. The molecule has 1 saturated heterocycles. The lowest BCUT2D eigenvalue weighted by atomic mass is 9.90. The highest BCUT2D eigenvalue weighted by Gasteiger charge is 2.50. The molecule has 0 spiro atoms. The molecule has 2 aliphatic heterocycles. The van der Waals surface area contributed by atoms with Crippen LogP contribution in [0, 0.1) is 0 Å². The summed E-state index contributed by atoms with van der Waals surface area (Å²) in [5.41, 5.74) is 0.675. The van der Waals surface area contributed by atoms with Gasteiger partial charge in [-0.15, -0.1) is 0 Å². The van der Waals surface area contributed by atoms with E-state index < -0.39 is 11.5 Å². The number of para-hydroxylation sites is 2. The third-order valence-corrected chi connectivity index (χ3v) is 5.58. The lowest BCUT2D eigenvalue weighted by molar-refractivity contribution is -0.141. The van der Waals surface area contributed by atoms with Gasteiger partial charge in [-0.1, -0.05) is 36.4 Å². The topological polar surface area (TPSA) is 64.1 Å². The van der Waals surface area contributed by atoms with Crippen LogP contribution in [0.5, 0.6) is 0 Å². The van der Waals surface area contributed by atoms with Crippen molar-refractivity contribution in [2.75, 3.05) is 42.6 Å². The smallest absolute Gasteiger partial charge is 0.265 e. The summed E-state index contributed by atoms with van der Waals surface area (Å²) in [5.74, 6) is -0.613. The molecule has 0 unspecified atom stereocenters. The molecule has 1 fully saturated rings. The second-order valence-electron chi connectivity index (χ2n) is 7.57. The summed E-state index contributed by atoms with van der Waals surface area (Å²) < 4.78 is 0. The molecule has 0 aliphatic carbocycles. The van der Waals surface area contributed by atoms with Gasteiger partial charge in [0.1, 0.15) is 5.78 Å². The summed E-state index contributed by atoms with van der Waals surface area (Å²) in [4.78, 5) is 30.9. The van der Waals surface area contributed by atoms with Gasteiger partial charge in [0, 0.05) is 43.9 Å². The molecule has 1 N–H and O–H groups in total. The highest BCUT2D eigenvalue weighted by Crippen LogP contribution is 2.42. The van der Waals surface area contributed by atoms with Gasteiger partial charge in [-0.25, -0.2) is 0 Å². The molecule has 0 saturated carbocycles. The molecule has 0 radical (unpaired) electrons. The first-order valence-electron chi connectivity index (χ1n) is 9.65. The molecule has 6 heteroatoms. The lowest BCUT2D eigenvalue weighted by Crippen LogP contribution is -2.52. The minimum Gasteiger partial charge on any atom is -0.375 e. The summed E-state index contributed by atoms with van der Waals surface area (Å²) in [6, 6.07) is 17.5. The normalized spacial score (nSPS) is 22.4. The van der Waals surface area contributed by atoms with Gasteiger partial charge in [0.05, 0.1) is 12.4 Å². The van der Waals surface area contributed by atoms with Crippen LogP contribution in [-0.4, -0.2) is 54.5 Å². The summed E-state index contributed by atoms with van der Waals surface area (Å²) in [6.45, 7) is 5.23. The van der Waals surface area contributed by atoms with E-state index in [1.165, 1.54) is 12.6 Å². The minimum absolute atomic E-state index is 0.193. The molecule has 6 nitrogen and oxygen atoms in total. The van der Waals surface area contributed by atoms with Crippen molar-refractivity contribution in [3.05, 3.63) is 60.2 Å². The Labute approximate surface area is 165 Å². The number of amides is 1. The number of piperazine rings is 1. The molecule has 146 valence electrons. The minimum atomic E-state index is -1.76. The van der Waals surface area contributed by atoms with E-state index in [1.807, 2.05) is 30.3 Å². The zero-order valence-electron chi connectivity index (χ0n) is 16.0. The summed E-state index contributed by atoms with van der Waals surface area (Å²) in [7, 11) is 0. The Balaban J connectivity index is 1.48. The number of anilines is 2. The second-order valence-corrected chi connectivity index (χ2v) is 7.57. The van der Waals surface area contributed by atoms with Crippen molar-refractivity contribution >= 4 is 23.1 Å². The van der Waals surface area contributed by atoms with E-state index in [9.17, 15) is 14.7 Å². The van der Waals surface area contributed by atoms with Crippen LogP contribution in [-0.2, 0) is 15.2 Å². The van der Waals surface area contributed by atoms with Crippen molar-refractivity contribution < 1.29 is 14.7 Å². The summed E-state index contributed by atoms with van der Waals surface area (Å²) in [5, 5.41) is 11.0. The number of Topliss-reactive ketones (excluding diaryl/α,β-unsaturated/α-hetero) is 1. The van der Waals surface area contributed by atoms with Gasteiger partial charge in [0.15, 0.2) is 5.60 Å². The first kappa shape index (κ1) is 18.7. The van der Waals surface area contributed by atoms with Gasteiger partial charge in [-0.05, 0) is 25.1 Å². The molecule has 0 aromatic heterocycles. The van der Waals surface area contributed by atoms with Gasteiger partial charge in [-0.3, -0.25) is 19.4 Å². The van der Waals surface area contributed by atoms with Crippen LogP contribution >= 0.6 is 0 Å². The maximum Gasteiger partial charge on any atom is 0.265 e. The predicted molar refractivity (Wildman–Crippen MR) is 108 cm³/mol. The molecular weight excluding hydrogens is 354 g/mol. The zero-order chi connectivity index (χ0) is 19.7. The van der Waals surface area contributed by atoms with E-state index >= 15 is 0 Å². The Hall–Kier alpha value is -2.70. The maximum absolute atomic E-state index is 13.1. The van der Waals surface area contributed by atoms with Crippen LogP contribution in [0.15, 0.2) is 54.6 Å². The van der Waals surface area contributed by atoms with E-state index in [0.717, 1.165) is 26.2 Å². The number of fused-ring (bicyclic) bond motifs is 1. The number of rotatable bonds is 5. The maximum atomic E-state index is 13.1. The average molecular weight is 379 g/mol. The average Bonchev–Trinajstić information content (AvgIpc) is 2.91. The Bertz CT molecular complexity index is 878. The monoisotopic (exact) mass is 379 g/mol. The Morgan fingerprint density at radius 2 is 1.64 bits per heavy atom. The number of carbonyl (C=O) groups excluding carboxylic acids is 2. The molecule has 2 heterocycles. The zero-order valence-corrected chi connectivity index (χ0v) is 16.0. The number of nitrogens with zero attached hydrogens (tertiary/aromatic N) is 3. The van der Waals surface area contributed by atoms with Crippen LogP contribution < -0.4 is 9.80 Å².